The van der Waals surface area contributed by atoms with Crippen molar-refractivity contribution >= 4 is 17.5 Å². The lowest BCUT2D eigenvalue weighted by Gasteiger charge is -2.40. The zero-order valence-electron chi connectivity index (χ0n) is 21.7. The molecule has 2 atom stereocenters. The first kappa shape index (κ1) is 25.7. The van der Waals surface area contributed by atoms with Crippen LogP contribution in [-0.2, 0) is 4.79 Å². The van der Waals surface area contributed by atoms with E-state index in [2.05, 4.69) is 5.32 Å². The number of benzene rings is 3. The van der Waals surface area contributed by atoms with Crippen LogP contribution in [0.3, 0.4) is 0 Å². The first-order chi connectivity index (χ1) is 17.9. The summed E-state index contributed by atoms with van der Waals surface area (Å²) >= 11 is 0. The highest BCUT2D eigenvalue weighted by molar-refractivity contribution is 6.05. The van der Waals surface area contributed by atoms with Gasteiger partial charge in [-0.05, 0) is 47.5 Å². The van der Waals surface area contributed by atoms with Crippen LogP contribution in [0.25, 0.3) is 0 Å². The Morgan fingerprint density at radius 3 is 2.00 bits per heavy atom. The quantitative estimate of drug-likeness (QED) is 0.487. The molecule has 0 aliphatic carbocycles. The highest BCUT2D eigenvalue weighted by Crippen LogP contribution is 2.47. The Labute approximate surface area is 215 Å². The van der Waals surface area contributed by atoms with Gasteiger partial charge in [0, 0.05) is 12.6 Å². The molecule has 0 saturated carbocycles. The number of nitrogens with one attached hydrogen (secondary N) is 1. The molecule has 0 fully saturated rings. The number of ether oxygens (including phenoxy) is 5. The van der Waals surface area contributed by atoms with Gasteiger partial charge in [0.15, 0.2) is 23.0 Å². The van der Waals surface area contributed by atoms with Gasteiger partial charge in [0.25, 0.3) is 5.91 Å². The molecule has 3 aromatic rings. The van der Waals surface area contributed by atoms with Crippen LogP contribution in [0.4, 0.5) is 5.69 Å². The highest BCUT2D eigenvalue weighted by Gasteiger charge is 2.44. The van der Waals surface area contributed by atoms with Crippen LogP contribution in [-0.4, -0.2) is 59.3 Å². The molecule has 37 heavy (non-hydrogen) atoms. The van der Waals surface area contributed by atoms with Crippen LogP contribution < -0.4 is 29.0 Å². The van der Waals surface area contributed by atoms with E-state index in [4.69, 9.17) is 23.7 Å². The summed E-state index contributed by atoms with van der Waals surface area (Å²) in [6, 6.07) is 15.2. The van der Waals surface area contributed by atoms with Gasteiger partial charge in [-0.3, -0.25) is 9.59 Å². The number of para-hydroxylation sites is 2. The molecule has 1 aliphatic heterocycles. The molecule has 2 amide bonds. The van der Waals surface area contributed by atoms with Gasteiger partial charge in [0.1, 0.15) is 5.75 Å². The van der Waals surface area contributed by atoms with Crippen LogP contribution in [0.15, 0.2) is 54.6 Å². The lowest BCUT2D eigenvalue weighted by molar-refractivity contribution is -0.119. The van der Waals surface area contributed by atoms with Crippen molar-refractivity contribution in [2.45, 2.75) is 12.0 Å². The average Bonchev–Trinajstić information content (AvgIpc) is 2.93. The van der Waals surface area contributed by atoms with E-state index in [1.807, 2.05) is 18.2 Å². The predicted octanol–water partition coefficient (Wildman–Crippen LogP) is 4.28. The number of carbonyl (C=O) groups is 2. The van der Waals surface area contributed by atoms with E-state index in [1.54, 1.807) is 55.5 Å². The predicted molar refractivity (Wildman–Crippen MR) is 138 cm³/mol. The van der Waals surface area contributed by atoms with Gasteiger partial charge in [0.05, 0.1) is 53.2 Å². The summed E-state index contributed by atoms with van der Waals surface area (Å²) in [5.41, 5.74) is 2.10. The Morgan fingerprint density at radius 1 is 0.757 bits per heavy atom. The van der Waals surface area contributed by atoms with Crippen molar-refractivity contribution in [1.29, 1.82) is 0 Å². The Kier molecular flexibility index (Phi) is 7.42. The summed E-state index contributed by atoms with van der Waals surface area (Å²) in [4.78, 5) is 29.2. The van der Waals surface area contributed by atoms with Crippen LogP contribution in [0.2, 0.25) is 0 Å². The maximum Gasteiger partial charge on any atom is 0.254 e. The van der Waals surface area contributed by atoms with E-state index >= 15 is 0 Å². The molecule has 0 radical (unpaired) electrons. The molecular weight excluding hydrogens is 476 g/mol. The zero-order valence-corrected chi connectivity index (χ0v) is 21.7. The second-order valence-corrected chi connectivity index (χ2v) is 8.44. The molecule has 9 nitrogen and oxygen atoms in total. The van der Waals surface area contributed by atoms with Gasteiger partial charge in [-0.1, -0.05) is 18.2 Å². The molecule has 1 heterocycles. The standard InChI is InChI=1S/C28H30N2O7/c1-30-26(16-11-12-21(34-3)22(13-16)35-4)25(27(31)29-19-9-7-8-10-20(19)33-2)17-14-23(36-5)24(37-6)15-18(17)28(30)32/h7-15,25-26H,1-6H3,(H,29,31)/t25-,26+/m0/s1. The number of anilines is 1. The largest absolute Gasteiger partial charge is 0.495 e. The summed E-state index contributed by atoms with van der Waals surface area (Å²) in [6.07, 6.45) is 0. The van der Waals surface area contributed by atoms with Gasteiger partial charge in [-0.2, -0.15) is 0 Å². The van der Waals surface area contributed by atoms with Gasteiger partial charge < -0.3 is 33.9 Å². The number of hydrogen-bond donors (Lipinski definition) is 1. The summed E-state index contributed by atoms with van der Waals surface area (Å²) in [5.74, 6) is 0.984. The third-order valence-electron chi connectivity index (χ3n) is 6.57. The van der Waals surface area contributed by atoms with E-state index < -0.39 is 12.0 Å². The molecule has 1 N–H and O–H groups in total. The Morgan fingerprint density at radius 2 is 1.35 bits per heavy atom. The molecule has 9 heteroatoms. The maximum atomic E-state index is 14.0. The van der Waals surface area contributed by atoms with Crippen molar-refractivity contribution in [1.82, 2.24) is 4.90 Å². The SMILES string of the molecule is COc1ccccc1NC(=O)[C@H]1c2cc(OC)c(OC)cc2C(=O)N(C)[C@@H]1c1ccc(OC)c(OC)c1. The summed E-state index contributed by atoms with van der Waals surface area (Å²) in [6.45, 7) is 0. The normalized spacial score (nSPS) is 16.5. The molecule has 0 spiro atoms. The number of nitrogens with zero attached hydrogens (tertiary/aromatic N) is 1. The van der Waals surface area contributed by atoms with Crippen molar-refractivity contribution in [3.8, 4) is 28.7 Å². The van der Waals surface area contributed by atoms with Crippen LogP contribution in [0, 0.1) is 0 Å². The van der Waals surface area contributed by atoms with Crippen molar-refractivity contribution in [3.05, 3.63) is 71.3 Å². The van der Waals surface area contributed by atoms with E-state index in [1.165, 1.54) is 28.4 Å². The summed E-state index contributed by atoms with van der Waals surface area (Å²) < 4.78 is 27.3. The molecule has 3 aromatic carbocycles. The maximum absolute atomic E-state index is 14.0. The smallest absolute Gasteiger partial charge is 0.254 e. The van der Waals surface area contributed by atoms with Gasteiger partial charge >= 0.3 is 0 Å². The van der Waals surface area contributed by atoms with E-state index in [0.29, 0.717) is 51.1 Å². The Bertz CT molecular complexity index is 1320. The Hall–Kier alpha value is -4.40. The molecule has 4 rings (SSSR count). The van der Waals surface area contributed by atoms with Crippen molar-refractivity contribution < 1.29 is 33.3 Å². The minimum atomic E-state index is -0.805. The Balaban J connectivity index is 1.91. The fourth-order valence-corrected chi connectivity index (χ4v) is 4.74. The third kappa shape index (κ3) is 4.60. The number of likely N-dealkylation sites (N-methyl/N-ethyl adjacent to an activating group) is 1. The summed E-state index contributed by atoms with van der Waals surface area (Å²) in [7, 11) is 9.31. The number of amides is 2. The second-order valence-electron chi connectivity index (χ2n) is 8.44. The lowest BCUT2D eigenvalue weighted by atomic mass is 9.79. The minimum absolute atomic E-state index is 0.253. The zero-order chi connectivity index (χ0) is 26.7. The first-order valence-electron chi connectivity index (χ1n) is 11.6. The fraction of sp³-hybridized carbons (Fsp3) is 0.286. The van der Waals surface area contributed by atoms with E-state index in [-0.39, 0.29) is 11.8 Å². The van der Waals surface area contributed by atoms with E-state index in [9.17, 15) is 9.59 Å². The number of carbonyl (C=O) groups excluding carboxylic acids is 2. The average molecular weight is 507 g/mol. The number of hydrogen-bond acceptors (Lipinski definition) is 7. The molecule has 0 bridgehead atoms. The van der Waals surface area contributed by atoms with Crippen LogP contribution in [0.5, 0.6) is 28.7 Å². The van der Waals surface area contributed by atoms with Gasteiger partial charge in [-0.15, -0.1) is 0 Å². The van der Waals surface area contributed by atoms with Crippen molar-refractivity contribution in [2.75, 3.05) is 47.9 Å². The number of fused-ring (bicyclic) bond motifs is 1. The van der Waals surface area contributed by atoms with Crippen molar-refractivity contribution in [2.24, 2.45) is 0 Å². The molecule has 0 aromatic heterocycles. The van der Waals surface area contributed by atoms with Crippen LogP contribution in [0.1, 0.15) is 33.4 Å². The summed E-state index contributed by atoms with van der Waals surface area (Å²) in [5, 5.41) is 2.99. The van der Waals surface area contributed by atoms with E-state index in [0.717, 1.165) is 0 Å². The minimum Gasteiger partial charge on any atom is -0.495 e. The lowest BCUT2D eigenvalue weighted by Crippen LogP contribution is -2.44. The number of rotatable bonds is 8. The van der Waals surface area contributed by atoms with Gasteiger partial charge in [0.2, 0.25) is 5.91 Å². The second kappa shape index (κ2) is 10.7. The third-order valence-corrected chi connectivity index (χ3v) is 6.57. The fourth-order valence-electron chi connectivity index (χ4n) is 4.74. The highest BCUT2D eigenvalue weighted by atomic mass is 16.5. The van der Waals surface area contributed by atoms with Gasteiger partial charge in [-0.25, -0.2) is 0 Å². The first-order valence-corrected chi connectivity index (χ1v) is 11.6. The molecule has 194 valence electrons. The molecule has 0 unspecified atom stereocenters. The molecule has 1 aliphatic rings. The topological polar surface area (TPSA) is 95.6 Å². The molecular formula is C28H30N2O7. The molecule has 0 saturated heterocycles. The monoisotopic (exact) mass is 506 g/mol. The van der Waals surface area contributed by atoms with Crippen LogP contribution >= 0.6 is 0 Å². The number of methoxy groups -OCH3 is 5. The van der Waals surface area contributed by atoms with Crippen molar-refractivity contribution in [3.63, 3.8) is 0 Å².